The molecule has 3 aromatic carbocycles. The smallest absolute Gasteiger partial charge is 0.324 e. The summed E-state index contributed by atoms with van der Waals surface area (Å²) in [4.78, 5) is 26.0. The first-order valence-electron chi connectivity index (χ1n) is 8.99. The fourth-order valence-corrected chi connectivity index (χ4v) is 3.85. The third-order valence-corrected chi connectivity index (χ3v) is 5.51. The summed E-state index contributed by atoms with van der Waals surface area (Å²) < 4.78 is 5.28. The highest BCUT2D eigenvalue weighted by molar-refractivity contribution is 8.00. The highest BCUT2D eigenvalue weighted by Gasteiger charge is 2.24. The lowest BCUT2D eigenvalue weighted by atomic mass is 10.1. The zero-order valence-corrected chi connectivity index (χ0v) is 17.3. The number of rotatable bonds is 7. The minimum absolute atomic E-state index is 0.265. The van der Waals surface area contributed by atoms with Gasteiger partial charge in [-0.25, -0.2) is 0 Å². The molecule has 0 spiro atoms. The molecule has 0 aliphatic carbocycles. The van der Waals surface area contributed by atoms with Gasteiger partial charge in [-0.05, 0) is 35.9 Å². The maximum absolute atomic E-state index is 12.8. The van der Waals surface area contributed by atoms with E-state index in [2.05, 4.69) is 5.32 Å². The average molecular weight is 437 g/mol. The zero-order valence-electron chi connectivity index (χ0n) is 15.7. The summed E-state index contributed by atoms with van der Waals surface area (Å²) in [5, 5.41) is 11.5. The summed E-state index contributed by atoms with van der Waals surface area (Å²) in [6.07, 6.45) is 0. The Hall–Kier alpha value is -3.27. The standard InChI is InChI=1S/C23H17ClN2O3S/c24-18-12-11-17(14-25)20(13-18)26-21(27)15-29-23(28)22(16-7-3-1-4-8-16)30-19-9-5-2-6-10-19/h1-13,22H,15H2,(H,26,27)/t22-/m0/s1. The van der Waals surface area contributed by atoms with Crippen LogP contribution < -0.4 is 5.32 Å². The van der Waals surface area contributed by atoms with Gasteiger partial charge in [-0.2, -0.15) is 5.26 Å². The third kappa shape index (κ3) is 5.86. The van der Waals surface area contributed by atoms with Crippen LogP contribution in [0.25, 0.3) is 0 Å². The molecule has 1 N–H and O–H groups in total. The first-order chi connectivity index (χ1) is 14.6. The van der Waals surface area contributed by atoms with Crippen molar-refractivity contribution < 1.29 is 14.3 Å². The van der Waals surface area contributed by atoms with Crippen LogP contribution in [0.1, 0.15) is 16.4 Å². The topological polar surface area (TPSA) is 79.2 Å². The van der Waals surface area contributed by atoms with Crippen LogP contribution >= 0.6 is 23.4 Å². The van der Waals surface area contributed by atoms with Crippen molar-refractivity contribution in [3.05, 3.63) is 95.0 Å². The van der Waals surface area contributed by atoms with Crippen LogP contribution in [0.5, 0.6) is 0 Å². The van der Waals surface area contributed by atoms with Crippen molar-refractivity contribution in [2.75, 3.05) is 11.9 Å². The van der Waals surface area contributed by atoms with Crippen molar-refractivity contribution in [2.24, 2.45) is 0 Å². The van der Waals surface area contributed by atoms with Crippen LogP contribution in [0.4, 0.5) is 5.69 Å². The van der Waals surface area contributed by atoms with Crippen LogP contribution in [0, 0.1) is 11.3 Å². The normalized spacial score (nSPS) is 11.2. The number of esters is 1. The first-order valence-corrected chi connectivity index (χ1v) is 10.3. The number of nitrogens with zero attached hydrogens (tertiary/aromatic N) is 1. The van der Waals surface area contributed by atoms with E-state index < -0.39 is 23.7 Å². The predicted octanol–water partition coefficient (Wildman–Crippen LogP) is 5.23. The van der Waals surface area contributed by atoms with Gasteiger partial charge in [0.15, 0.2) is 6.61 Å². The SMILES string of the molecule is N#Cc1ccc(Cl)cc1NC(=O)COC(=O)[C@@H](Sc1ccccc1)c1ccccc1. The van der Waals surface area contributed by atoms with Crippen molar-refractivity contribution in [1.29, 1.82) is 5.26 Å². The second-order valence-electron chi connectivity index (χ2n) is 6.18. The number of carbonyl (C=O) groups excluding carboxylic acids is 2. The molecule has 30 heavy (non-hydrogen) atoms. The molecule has 3 rings (SSSR count). The number of thioether (sulfide) groups is 1. The molecule has 0 unspecified atom stereocenters. The van der Waals surface area contributed by atoms with Crippen LogP contribution in [-0.4, -0.2) is 18.5 Å². The molecule has 0 heterocycles. The minimum atomic E-state index is -0.623. The van der Waals surface area contributed by atoms with Gasteiger partial charge in [-0.15, -0.1) is 11.8 Å². The highest BCUT2D eigenvalue weighted by atomic mass is 35.5. The molecule has 0 saturated carbocycles. The molecule has 7 heteroatoms. The number of anilines is 1. The molecule has 0 saturated heterocycles. The second kappa shape index (κ2) is 10.5. The van der Waals surface area contributed by atoms with Crippen molar-refractivity contribution >= 4 is 40.9 Å². The summed E-state index contributed by atoms with van der Waals surface area (Å²) in [5.41, 5.74) is 1.31. The van der Waals surface area contributed by atoms with E-state index in [0.29, 0.717) is 5.02 Å². The van der Waals surface area contributed by atoms with Crippen LogP contribution in [0.3, 0.4) is 0 Å². The maximum atomic E-state index is 12.8. The van der Waals surface area contributed by atoms with Gasteiger partial charge in [0.2, 0.25) is 0 Å². The molecular weight excluding hydrogens is 420 g/mol. The van der Waals surface area contributed by atoms with Crippen LogP contribution in [0.2, 0.25) is 5.02 Å². The number of hydrogen-bond acceptors (Lipinski definition) is 5. The van der Waals surface area contributed by atoms with Crippen molar-refractivity contribution in [3.8, 4) is 6.07 Å². The molecule has 0 bridgehead atoms. The van der Waals surface area contributed by atoms with Gasteiger partial charge in [0.25, 0.3) is 5.91 Å². The lowest BCUT2D eigenvalue weighted by Gasteiger charge is -2.16. The Labute approximate surface area is 183 Å². The number of carbonyl (C=O) groups is 2. The van der Waals surface area contributed by atoms with E-state index >= 15 is 0 Å². The summed E-state index contributed by atoms with van der Waals surface area (Å²) >= 11 is 7.27. The van der Waals surface area contributed by atoms with Crippen LogP contribution in [-0.2, 0) is 14.3 Å². The van der Waals surface area contributed by atoms with Gasteiger partial charge < -0.3 is 10.1 Å². The Balaban J connectivity index is 1.68. The van der Waals surface area contributed by atoms with E-state index in [1.54, 1.807) is 6.07 Å². The van der Waals surface area contributed by atoms with Gasteiger partial charge in [0, 0.05) is 9.92 Å². The van der Waals surface area contributed by atoms with E-state index in [-0.39, 0.29) is 11.3 Å². The minimum Gasteiger partial charge on any atom is -0.454 e. The molecular formula is C23H17ClN2O3S. The van der Waals surface area contributed by atoms with Gasteiger partial charge in [0.1, 0.15) is 11.3 Å². The Morgan fingerprint density at radius 3 is 2.37 bits per heavy atom. The van der Waals surface area contributed by atoms with E-state index in [1.165, 1.54) is 23.9 Å². The van der Waals surface area contributed by atoms with E-state index in [9.17, 15) is 9.59 Å². The van der Waals surface area contributed by atoms with Crippen molar-refractivity contribution in [1.82, 2.24) is 0 Å². The van der Waals surface area contributed by atoms with Gasteiger partial charge in [0.05, 0.1) is 11.3 Å². The molecule has 150 valence electrons. The summed E-state index contributed by atoms with van der Waals surface area (Å²) in [5.74, 6) is -1.09. The molecule has 0 fully saturated rings. The monoisotopic (exact) mass is 436 g/mol. The second-order valence-corrected chi connectivity index (χ2v) is 7.79. The average Bonchev–Trinajstić information content (AvgIpc) is 2.77. The van der Waals surface area contributed by atoms with Crippen LogP contribution in [0.15, 0.2) is 83.8 Å². The number of nitrogens with one attached hydrogen (secondary N) is 1. The molecule has 0 radical (unpaired) electrons. The lowest BCUT2D eigenvalue weighted by molar-refractivity contribution is -0.146. The molecule has 0 aliphatic heterocycles. The summed E-state index contributed by atoms with van der Waals surface area (Å²) in [6, 6.07) is 25.2. The molecule has 0 aromatic heterocycles. The molecule has 0 aliphatic rings. The molecule has 1 amide bonds. The largest absolute Gasteiger partial charge is 0.454 e. The number of hydrogen-bond donors (Lipinski definition) is 1. The van der Waals surface area contributed by atoms with Gasteiger partial charge in [-0.3, -0.25) is 9.59 Å². The highest BCUT2D eigenvalue weighted by Crippen LogP contribution is 2.36. The Bertz CT molecular complexity index is 1070. The lowest BCUT2D eigenvalue weighted by Crippen LogP contribution is -2.23. The number of amides is 1. The first kappa shape index (κ1) is 21.4. The van der Waals surface area contributed by atoms with E-state index in [4.69, 9.17) is 21.6 Å². The molecule has 5 nitrogen and oxygen atoms in total. The fraction of sp³-hybridized carbons (Fsp3) is 0.0870. The predicted molar refractivity (Wildman–Crippen MR) is 117 cm³/mol. The Kier molecular flexibility index (Phi) is 7.50. The number of nitriles is 1. The number of ether oxygens (including phenoxy) is 1. The summed E-state index contributed by atoms with van der Waals surface area (Å²) in [7, 11) is 0. The van der Waals surface area contributed by atoms with E-state index in [0.717, 1.165) is 10.5 Å². The van der Waals surface area contributed by atoms with E-state index in [1.807, 2.05) is 66.7 Å². The van der Waals surface area contributed by atoms with Gasteiger partial charge in [-0.1, -0.05) is 60.1 Å². The number of benzene rings is 3. The summed E-state index contributed by atoms with van der Waals surface area (Å²) in [6.45, 7) is -0.477. The van der Waals surface area contributed by atoms with Crippen molar-refractivity contribution in [3.63, 3.8) is 0 Å². The van der Waals surface area contributed by atoms with Crippen molar-refractivity contribution in [2.45, 2.75) is 10.1 Å². The Morgan fingerprint density at radius 1 is 1.03 bits per heavy atom. The zero-order chi connectivity index (χ0) is 21.3. The van der Waals surface area contributed by atoms with Gasteiger partial charge >= 0.3 is 5.97 Å². The quantitative estimate of drug-likeness (QED) is 0.405. The third-order valence-electron chi connectivity index (χ3n) is 4.04. The number of halogens is 1. The molecule has 1 atom stereocenters. The Morgan fingerprint density at radius 2 is 1.70 bits per heavy atom. The maximum Gasteiger partial charge on any atom is 0.324 e. The molecule has 3 aromatic rings. The fourth-order valence-electron chi connectivity index (χ4n) is 2.63.